The molecule has 0 aliphatic heterocycles. The van der Waals surface area contributed by atoms with Gasteiger partial charge in [-0.2, -0.15) is 0 Å². The van der Waals surface area contributed by atoms with Gasteiger partial charge in [-0.25, -0.2) is 4.98 Å². The maximum absolute atomic E-state index is 10.9. The van der Waals surface area contributed by atoms with Crippen LogP contribution in [0.15, 0.2) is 12.1 Å². The van der Waals surface area contributed by atoms with Crippen molar-refractivity contribution >= 4 is 23.3 Å². The van der Waals surface area contributed by atoms with Gasteiger partial charge in [0.05, 0.1) is 17.3 Å². The van der Waals surface area contributed by atoms with E-state index in [9.17, 15) is 4.79 Å². The molecule has 0 bridgehead atoms. The monoisotopic (exact) mass is 268 g/mol. The lowest BCUT2D eigenvalue weighted by molar-refractivity contribution is -0.142. The smallest absolute Gasteiger partial charge is 0.306 e. The number of aromatic nitrogens is 1. The summed E-state index contributed by atoms with van der Waals surface area (Å²) >= 11 is 5.81. The third-order valence-electron chi connectivity index (χ3n) is 3.49. The van der Waals surface area contributed by atoms with Crippen LogP contribution >= 0.6 is 11.6 Å². The van der Waals surface area contributed by atoms with Gasteiger partial charge >= 0.3 is 5.97 Å². The first-order valence-corrected chi connectivity index (χ1v) is 6.56. The molecule has 2 N–H and O–H groups in total. The number of hydrogen-bond donors (Lipinski definition) is 2. The largest absolute Gasteiger partial charge is 0.481 e. The van der Waals surface area contributed by atoms with E-state index in [1.165, 1.54) is 0 Å². The molecule has 1 heterocycles. The summed E-state index contributed by atoms with van der Waals surface area (Å²) in [7, 11) is 0. The van der Waals surface area contributed by atoms with Gasteiger partial charge in [0.2, 0.25) is 0 Å². The van der Waals surface area contributed by atoms with Crippen LogP contribution in [0.25, 0.3) is 0 Å². The van der Waals surface area contributed by atoms with Crippen molar-refractivity contribution in [1.29, 1.82) is 0 Å². The standard InChI is InChI=1S/C13H17ClN2O2/c1-8-11(6-7-12(14)15-8)16-10-4-2-9(3-5-10)13(17)18/h6-7,9-10,16H,2-5H2,1H3,(H,17,18). The maximum atomic E-state index is 10.9. The number of hydrogen-bond acceptors (Lipinski definition) is 3. The summed E-state index contributed by atoms with van der Waals surface area (Å²) in [6.07, 6.45) is 3.26. The molecule has 0 spiro atoms. The second-order valence-corrected chi connectivity index (χ2v) is 5.19. The van der Waals surface area contributed by atoms with E-state index in [4.69, 9.17) is 16.7 Å². The molecule has 1 saturated carbocycles. The number of nitrogens with zero attached hydrogens (tertiary/aromatic N) is 1. The van der Waals surface area contributed by atoms with E-state index in [-0.39, 0.29) is 5.92 Å². The van der Waals surface area contributed by atoms with E-state index >= 15 is 0 Å². The molecule has 5 heteroatoms. The topological polar surface area (TPSA) is 62.2 Å². The van der Waals surface area contributed by atoms with Crippen molar-refractivity contribution in [3.63, 3.8) is 0 Å². The van der Waals surface area contributed by atoms with Crippen molar-refractivity contribution in [2.75, 3.05) is 5.32 Å². The first-order valence-electron chi connectivity index (χ1n) is 6.18. The third-order valence-corrected chi connectivity index (χ3v) is 3.70. The number of aryl methyl sites for hydroxylation is 1. The van der Waals surface area contributed by atoms with Crippen LogP contribution in [0.2, 0.25) is 5.15 Å². The summed E-state index contributed by atoms with van der Waals surface area (Å²) in [6.45, 7) is 1.91. The average molecular weight is 269 g/mol. The fourth-order valence-corrected chi connectivity index (χ4v) is 2.58. The zero-order valence-electron chi connectivity index (χ0n) is 10.3. The first kappa shape index (κ1) is 13.1. The van der Waals surface area contributed by atoms with E-state index in [0.717, 1.165) is 37.1 Å². The molecule has 1 fully saturated rings. The van der Waals surface area contributed by atoms with Gasteiger partial charge in [0.15, 0.2) is 0 Å². The van der Waals surface area contributed by atoms with Crippen molar-refractivity contribution in [3.8, 4) is 0 Å². The molecule has 1 aromatic rings. The highest BCUT2D eigenvalue weighted by Gasteiger charge is 2.25. The Morgan fingerprint density at radius 2 is 2.06 bits per heavy atom. The van der Waals surface area contributed by atoms with Gasteiger partial charge in [-0.05, 0) is 44.7 Å². The number of carboxylic acid groups (broad SMARTS) is 1. The minimum absolute atomic E-state index is 0.174. The molecular weight excluding hydrogens is 252 g/mol. The van der Waals surface area contributed by atoms with E-state index in [1.807, 2.05) is 13.0 Å². The second kappa shape index (κ2) is 5.57. The summed E-state index contributed by atoms with van der Waals surface area (Å²) in [4.78, 5) is 15.1. The van der Waals surface area contributed by atoms with Crippen LogP contribution in [0.1, 0.15) is 31.4 Å². The Morgan fingerprint density at radius 3 is 2.61 bits per heavy atom. The Balaban J connectivity index is 1.93. The van der Waals surface area contributed by atoms with Crippen LogP contribution in [0.5, 0.6) is 0 Å². The molecule has 0 aromatic carbocycles. The lowest BCUT2D eigenvalue weighted by Crippen LogP contribution is -2.29. The van der Waals surface area contributed by atoms with Gasteiger partial charge in [-0.1, -0.05) is 11.6 Å². The van der Waals surface area contributed by atoms with Gasteiger partial charge in [0, 0.05) is 6.04 Å². The SMILES string of the molecule is Cc1nc(Cl)ccc1NC1CCC(C(=O)O)CC1. The normalized spacial score (nSPS) is 23.7. The molecule has 4 nitrogen and oxygen atoms in total. The molecule has 0 amide bonds. The Morgan fingerprint density at radius 1 is 1.39 bits per heavy atom. The summed E-state index contributed by atoms with van der Waals surface area (Å²) in [5.74, 6) is -0.842. The molecule has 1 aromatic heterocycles. The van der Waals surface area contributed by atoms with Crippen LogP contribution in [0, 0.1) is 12.8 Å². The first-order chi connectivity index (χ1) is 8.56. The molecule has 0 radical (unpaired) electrons. The highest BCUT2D eigenvalue weighted by Crippen LogP contribution is 2.27. The Bertz CT molecular complexity index is 443. The summed E-state index contributed by atoms with van der Waals surface area (Å²) in [6, 6.07) is 4.02. The number of rotatable bonds is 3. The lowest BCUT2D eigenvalue weighted by atomic mass is 9.86. The van der Waals surface area contributed by atoms with E-state index in [2.05, 4.69) is 10.3 Å². The highest BCUT2D eigenvalue weighted by atomic mass is 35.5. The van der Waals surface area contributed by atoms with Crippen LogP contribution in [-0.2, 0) is 4.79 Å². The highest BCUT2D eigenvalue weighted by molar-refractivity contribution is 6.29. The van der Waals surface area contributed by atoms with E-state index in [0.29, 0.717) is 11.2 Å². The predicted octanol–water partition coefficient (Wildman–Crippen LogP) is 3.10. The Kier molecular flexibility index (Phi) is 4.07. The Hall–Kier alpha value is -1.29. The minimum Gasteiger partial charge on any atom is -0.481 e. The fourth-order valence-electron chi connectivity index (χ4n) is 2.39. The van der Waals surface area contributed by atoms with Gasteiger partial charge < -0.3 is 10.4 Å². The number of carboxylic acids is 1. The van der Waals surface area contributed by atoms with Crippen molar-refractivity contribution in [2.24, 2.45) is 5.92 Å². The molecule has 98 valence electrons. The van der Waals surface area contributed by atoms with Gasteiger partial charge in [-0.15, -0.1) is 0 Å². The lowest BCUT2D eigenvalue weighted by Gasteiger charge is -2.28. The predicted molar refractivity (Wildman–Crippen MR) is 71.0 cm³/mol. The quantitative estimate of drug-likeness (QED) is 0.827. The van der Waals surface area contributed by atoms with Crippen LogP contribution in [0.4, 0.5) is 5.69 Å². The fraction of sp³-hybridized carbons (Fsp3) is 0.538. The molecular formula is C13H17ClN2O2. The number of anilines is 1. The van der Waals surface area contributed by atoms with Gasteiger partial charge in [0.1, 0.15) is 5.15 Å². The van der Waals surface area contributed by atoms with Gasteiger partial charge in [-0.3, -0.25) is 4.79 Å². The van der Waals surface area contributed by atoms with Crippen molar-refractivity contribution in [3.05, 3.63) is 23.0 Å². The average Bonchev–Trinajstić information content (AvgIpc) is 2.33. The van der Waals surface area contributed by atoms with Crippen molar-refractivity contribution in [2.45, 2.75) is 38.6 Å². The van der Waals surface area contributed by atoms with Crippen LogP contribution < -0.4 is 5.32 Å². The molecule has 0 atom stereocenters. The second-order valence-electron chi connectivity index (χ2n) is 4.80. The Labute approximate surface area is 111 Å². The number of aliphatic carboxylic acids is 1. The van der Waals surface area contributed by atoms with Crippen LogP contribution in [0.3, 0.4) is 0 Å². The molecule has 1 aliphatic rings. The number of carbonyl (C=O) groups is 1. The molecule has 2 rings (SSSR count). The molecule has 0 saturated heterocycles. The number of pyridine rings is 1. The summed E-state index contributed by atoms with van der Waals surface area (Å²) < 4.78 is 0. The molecule has 18 heavy (non-hydrogen) atoms. The third kappa shape index (κ3) is 3.13. The van der Waals surface area contributed by atoms with E-state index in [1.54, 1.807) is 6.07 Å². The van der Waals surface area contributed by atoms with Crippen molar-refractivity contribution < 1.29 is 9.90 Å². The molecule has 0 unspecified atom stereocenters. The number of halogens is 1. The summed E-state index contributed by atoms with van der Waals surface area (Å²) in [5, 5.41) is 12.9. The van der Waals surface area contributed by atoms with Crippen LogP contribution in [-0.4, -0.2) is 22.1 Å². The van der Waals surface area contributed by atoms with Crippen molar-refractivity contribution in [1.82, 2.24) is 4.98 Å². The zero-order valence-corrected chi connectivity index (χ0v) is 11.1. The molecule has 1 aliphatic carbocycles. The van der Waals surface area contributed by atoms with Gasteiger partial charge in [0.25, 0.3) is 0 Å². The maximum Gasteiger partial charge on any atom is 0.306 e. The van der Waals surface area contributed by atoms with E-state index < -0.39 is 5.97 Å². The minimum atomic E-state index is -0.669. The summed E-state index contributed by atoms with van der Waals surface area (Å²) in [5.41, 5.74) is 1.86. The zero-order chi connectivity index (χ0) is 13.1. The number of nitrogens with one attached hydrogen (secondary N) is 1.